The second-order valence-corrected chi connectivity index (χ2v) is 5.36. The minimum atomic E-state index is -0.808. The summed E-state index contributed by atoms with van der Waals surface area (Å²) in [4.78, 5) is 13.4. The highest BCUT2D eigenvalue weighted by Crippen LogP contribution is 2.34. The number of phenols is 2. The van der Waals surface area contributed by atoms with Gasteiger partial charge in [-0.3, -0.25) is 9.69 Å². The molecule has 0 amide bonds. The zero-order chi connectivity index (χ0) is 14.7. The van der Waals surface area contributed by atoms with Crippen LogP contribution in [0.4, 0.5) is 0 Å². The van der Waals surface area contributed by atoms with E-state index in [9.17, 15) is 20.1 Å². The van der Waals surface area contributed by atoms with Crippen LogP contribution in [0.3, 0.4) is 0 Å². The van der Waals surface area contributed by atoms with Gasteiger partial charge in [-0.25, -0.2) is 0 Å². The monoisotopic (exact) mass is 279 g/mol. The Hall–Kier alpha value is -1.75. The SMILES string of the molecule is CC(c1ccc(O)cc1O)N1CCCCCC1C(=O)O. The number of carboxylic acids is 1. The highest BCUT2D eigenvalue weighted by molar-refractivity contribution is 5.73. The minimum Gasteiger partial charge on any atom is -0.508 e. The van der Waals surface area contributed by atoms with Crippen LogP contribution < -0.4 is 0 Å². The first kappa shape index (κ1) is 14.7. The van der Waals surface area contributed by atoms with Crippen LogP contribution in [0, 0.1) is 0 Å². The van der Waals surface area contributed by atoms with Crippen molar-refractivity contribution in [2.24, 2.45) is 0 Å². The molecule has 2 atom stereocenters. The van der Waals surface area contributed by atoms with Crippen molar-refractivity contribution in [3.63, 3.8) is 0 Å². The van der Waals surface area contributed by atoms with Crippen molar-refractivity contribution in [1.82, 2.24) is 4.90 Å². The number of carboxylic acid groups (broad SMARTS) is 1. The molecule has 2 unspecified atom stereocenters. The van der Waals surface area contributed by atoms with Gasteiger partial charge in [0.1, 0.15) is 17.5 Å². The number of hydrogen-bond donors (Lipinski definition) is 3. The molecular weight excluding hydrogens is 258 g/mol. The Morgan fingerprint density at radius 3 is 2.70 bits per heavy atom. The van der Waals surface area contributed by atoms with Gasteiger partial charge in [-0.15, -0.1) is 0 Å². The van der Waals surface area contributed by atoms with Crippen molar-refractivity contribution >= 4 is 5.97 Å². The molecule has 2 rings (SSSR count). The molecule has 0 radical (unpaired) electrons. The average Bonchev–Trinajstić information content (AvgIpc) is 2.63. The number of aliphatic carboxylic acids is 1. The van der Waals surface area contributed by atoms with E-state index in [-0.39, 0.29) is 17.5 Å². The van der Waals surface area contributed by atoms with E-state index in [2.05, 4.69) is 0 Å². The summed E-state index contributed by atoms with van der Waals surface area (Å²) < 4.78 is 0. The first-order chi connectivity index (χ1) is 9.50. The molecule has 0 aliphatic carbocycles. The molecule has 1 aliphatic rings. The van der Waals surface area contributed by atoms with Crippen molar-refractivity contribution in [2.45, 2.75) is 44.7 Å². The number of likely N-dealkylation sites (tertiary alicyclic amines) is 1. The summed E-state index contributed by atoms with van der Waals surface area (Å²) in [6.07, 6.45) is 3.56. The van der Waals surface area contributed by atoms with Crippen LogP contribution in [0.15, 0.2) is 18.2 Å². The standard InChI is InChI=1S/C15H21NO4/c1-10(12-7-6-11(17)9-14(12)18)16-8-4-2-3-5-13(16)15(19)20/h6-7,9-10,13,17-18H,2-5,8H2,1H3,(H,19,20). The van der Waals surface area contributed by atoms with Crippen LogP contribution in [-0.4, -0.2) is 38.8 Å². The largest absolute Gasteiger partial charge is 0.508 e. The molecule has 1 saturated heterocycles. The van der Waals surface area contributed by atoms with Gasteiger partial charge in [0, 0.05) is 17.7 Å². The summed E-state index contributed by atoms with van der Waals surface area (Å²) in [7, 11) is 0. The lowest BCUT2D eigenvalue weighted by Crippen LogP contribution is -2.42. The van der Waals surface area contributed by atoms with Crippen LogP contribution >= 0.6 is 0 Å². The molecule has 5 nitrogen and oxygen atoms in total. The predicted molar refractivity (Wildman–Crippen MR) is 74.8 cm³/mol. The number of nitrogens with zero attached hydrogens (tertiary/aromatic N) is 1. The molecule has 110 valence electrons. The molecule has 1 fully saturated rings. The van der Waals surface area contributed by atoms with Crippen molar-refractivity contribution in [3.8, 4) is 11.5 Å². The summed E-state index contributed by atoms with van der Waals surface area (Å²) in [6, 6.07) is 3.74. The molecule has 0 bridgehead atoms. The van der Waals surface area contributed by atoms with E-state index in [1.807, 2.05) is 11.8 Å². The van der Waals surface area contributed by atoms with Gasteiger partial charge >= 0.3 is 5.97 Å². The van der Waals surface area contributed by atoms with Gasteiger partial charge in [-0.2, -0.15) is 0 Å². The van der Waals surface area contributed by atoms with Gasteiger partial charge in [0.15, 0.2) is 0 Å². The van der Waals surface area contributed by atoms with Crippen molar-refractivity contribution in [3.05, 3.63) is 23.8 Å². The van der Waals surface area contributed by atoms with Crippen molar-refractivity contribution < 1.29 is 20.1 Å². The Labute approximate surface area is 118 Å². The normalized spacial score (nSPS) is 22.1. The molecule has 3 N–H and O–H groups in total. The zero-order valence-corrected chi connectivity index (χ0v) is 11.6. The number of phenolic OH excluding ortho intramolecular Hbond substituents is 2. The maximum atomic E-state index is 11.4. The van der Waals surface area contributed by atoms with E-state index >= 15 is 0 Å². The highest BCUT2D eigenvalue weighted by atomic mass is 16.4. The highest BCUT2D eigenvalue weighted by Gasteiger charge is 2.31. The van der Waals surface area contributed by atoms with Gasteiger partial charge in [-0.1, -0.05) is 18.9 Å². The molecular formula is C15H21NO4. The first-order valence-corrected chi connectivity index (χ1v) is 7.01. The molecule has 1 heterocycles. The Morgan fingerprint density at radius 1 is 1.30 bits per heavy atom. The maximum absolute atomic E-state index is 11.4. The number of benzene rings is 1. The van der Waals surface area contributed by atoms with E-state index in [0.717, 1.165) is 19.3 Å². The zero-order valence-electron chi connectivity index (χ0n) is 11.6. The number of aromatic hydroxyl groups is 2. The third kappa shape index (κ3) is 3.04. The van der Waals surface area contributed by atoms with Gasteiger partial charge in [0.05, 0.1) is 0 Å². The van der Waals surface area contributed by atoms with Crippen LogP contribution in [-0.2, 0) is 4.79 Å². The Morgan fingerprint density at radius 2 is 2.05 bits per heavy atom. The topological polar surface area (TPSA) is 81.0 Å². The van der Waals surface area contributed by atoms with Crippen LogP contribution in [0.5, 0.6) is 11.5 Å². The lowest BCUT2D eigenvalue weighted by atomic mass is 10.0. The third-order valence-electron chi connectivity index (χ3n) is 4.04. The molecule has 0 saturated carbocycles. The van der Waals surface area contributed by atoms with Crippen molar-refractivity contribution in [1.29, 1.82) is 0 Å². The third-order valence-corrected chi connectivity index (χ3v) is 4.04. The fourth-order valence-electron chi connectivity index (χ4n) is 2.92. The lowest BCUT2D eigenvalue weighted by molar-refractivity contribution is -0.144. The minimum absolute atomic E-state index is 0.00380. The summed E-state index contributed by atoms with van der Waals surface area (Å²) in [5.41, 5.74) is 0.649. The van der Waals surface area contributed by atoms with Gasteiger partial charge < -0.3 is 15.3 Å². The summed E-state index contributed by atoms with van der Waals surface area (Å²) in [6.45, 7) is 2.60. The maximum Gasteiger partial charge on any atom is 0.320 e. The summed E-state index contributed by atoms with van der Waals surface area (Å²) >= 11 is 0. The molecule has 5 heteroatoms. The molecule has 20 heavy (non-hydrogen) atoms. The lowest BCUT2D eigenvalue weighted by Gasteiger charge is -2.33. The molecule has 1 aromatic rings. The van der Waals surface area contributed by atoms with E-state index in [1.54, 1.807) is 6.07 Å². The predicted octanol–water partition coefficient (Wildman–Crippen LogP) is 2.49. The number of rotatable bonds is 3. The Bertz CT molecular complexity index is 489. The molecule has 0 spiro atoms. The second kappa shape index (κ2) is 6.13. The fourth-order valence-corrected chi connectivity index (χ4v) is 2.92. The number of hydrogen-bond acceptors (Lipinski definition) is 4. The fraction of sp³-hybridized carbons (Fsp3) is 0.533. The van der Waals surface area contributed by atoms with Crippen molar-refractivity contribution in [2.75, 3.05) is 6.54 Å². The number of carbonyl (C=O) groups is 1. The van der Waals surface area contributed by atoms with Crippen LogP contribution in [0.2, 0.25) is 0 Å². The first-order valence-electron chi connectivity index (χ1n) is 7.01. The van der Waals surface area contributed by atoms with E-state index in [1.165, 1.54) is 12.1 Å². The average molecular weight is 279 g/mol. The molecule has 1 aromatic carbocycles. The van der Waals surface area contributed by atoms with E-state index in [0.29, 0.717) is 18.5 Å². The van der Waals surface area contributed by atoms with E-state index < -0.39 is 12.0 Å². The quantitative estimate of drug-likeness (QED) is 0.792. The smallest absolute Gasteiger partial charge is 0.320 e. The van der Waals surface area contributed by atoms with Crippen LogP contribution in [0.1, 0.15) is 44.2 Å². The van der Waals surface area contributed by atoms with Gasteiger partial charge in [0.25, 0.3) is 0 Å². The Balaban J connectivity index is 2.28. The van der Waals surface area contributed by atoms with Gasteiger partial charge in [0.2, 0.25) is 0 Å². The van der Waals surface area contributed by atoms with Gasteiger partial charge in [-0.05, 0) is 32.4 Å². The van der Waals surface area contributed by atoms with E-state index in [4.69, 9.17) is 0 Å². The summed E-state index contributed by atoms with van der Waals surface area (Å²) in [5.74, 6) is -0.799. The van der Waals surface area contributed by atoms with Crippen LogP contribution in [0.25, 0.3) is 0 Å². The second-order valence-electron chi connectivity index (χ2n) is 5.36. The molecule has 0 aromatic heterocycles. The molecule has 1 aliphatic heterocycles. The summed E-state index contributed by atoms with van der Waals surface area (Å²) in [5, 5.41) is 28.7. The Kier molecular flexibility index (Phi) is 4.49.